The zero-order valence-corrected chi connectivity index (χ0v) is 12.4. The summed E-state index contributed by atoms with van der Waals surface area (Å²) in [5, 5.41) is 4.02. The minimum absolute atomic E-state index is 0. The maximum Gasteiger partial charge on any atom is 0.140 e. The van der Waals surface area contributed by atoms with Crippen LogP contribution in [0.1, 0.15) is 13.8 Å². The van der Waals surface area contributed by atoms with Crippen LogP contribution < -0.4 is 15.0 Å². The lowest BCUT2D eigenvalue weighted by molar-refractivity contribution is 0.242. The fourth-order valence-corrected chi connectivity index (χ4v) is 2.12. The van der Waals surface area contributed by atoms with Gasteiger partial charge < -0.3 is 15.0 Å². The third kappa shape index (κ3) is 3.94. The number of benzene rings is 1. The highest BCUT2D eigenvalue weighted by Gasteiger charge is 2.13. The molecule has 1 saturated heterocycles. The second kappa shape index (κ2) is 7.07. The second-order valence-electron chi connectivity index (χ2n) is 4.52. The zero-order valence-electron chi connectivity index (χ0n) is 10.8. The lowest BCUT2D eigenvalue weighted by Gasteiger charge is -2.30. The zero-order chi connectivity index (χ0) is 12.3. The lowest BCUT2D eigenvalue weighted by Crippen LogP contribution is -2.43. The van der Waals surface area contributed by atoms with Crippen LogP contribution in [0.2, 0.25) is 5.02 Å². The van der Waals surface area contributed by atoms with E-state index in [1.807, 2.05) is 26.0 Å². The van der Waals surface area contributed by atoms with Gasteiger partial charge >= 0.3 is 0 Å². The predicted molar refractivity (Wildman–Crippen MR) is 79.5 cm³/mol. The third-order valence-corrected chi connectivity index (χ3v) is 3.07. The van der Waals surface area contributed by atoms with Gasteiger partial charge in [-0.2, -0.15) is 0 Å². The summed E-state index contributed by atoms with van der Waals surface area (Å²) >= 11 is 6.12. The molecule has 0 spiro atoms. The van der Waals surface area contributed by atoms with Crippen LogP contribution in [0.25, 0.3) is 0 Å². The Bertz CT molecular complexity index is 379. The topological polar surface area (TPSA) is 24.5 Å². The predicted octanol–water partition coefficient (Wildman–Crippen LogP) is 2.96. The number of hydrogen-bond acceptors (Lipinski definition) is 3. The largest absolute Gasteiger partial charge is 0.489 e. The van der Waals surface area contributed by atoms with Crippen molar-refractivity contribution in [1.82, 2.24) is 5.32 Å². The number of hydrogen-bond donors (Lipinski definition) is 1. The molecule has 1 fully saturated rings. The van der Waals surface area contributed by atoms with Crippen LogP contribution in [0.5, 0.6) is 5.75 Å². The Morgan fingerprint density at radius 2 is 1.94 bits per heavy atom. The van der Waals surface area contributed by atoms with Gasteiger partial charge in [-0.25, -0.2) is 0 Å². The van der Waals surface area contributed by atoms with Crippen LogP contribution in [0.4, 0.5) is 5.69 Å². The molecule has 0 aromatic heterocycles. The number of nitrogens with zero attached hydrogens (tertiary/aromatic N) is 1. The van der Waals surface area contributed by atoms with E-state index in [1.165, 1.54) is 5.69 Å². The minimum Gasteiger partial charge on any atom is -0.489 e. The Labute approximate surface area is 120 Å². The van der Waals surface area contributed by atoms with Gasteiger partial charge in [0, 0.05) is 37.9 Å². The average molecular weight is 291 g/mol. The minimum atomic E-state index is 0. The van der Waals surface area contributed by atoms with Crippen LogP contribution in [-0.4, -0.2) is 32.3 Å². The highest BCUT2D eigenvalue weighted by Crippen LogP contribution is 2.30. The summed E-state index contributed by atoms with van der Waals surface area (Å²) in [6.07, 6.45) is 0.144. The SMILES string of the molecule is CC(C)Oc1cc(N2CCNCC2)ccc1Cl.Cl. The molecule has 18 heavy (non-hydrogen) atoms. The number of rotatable bonds is 3. The van der Waals surface area contributed by atoms with Gasteiger partial charge in [0.05, 0.1) is 11.1 Å². The number of anilines is 1. The normalized spacial score (nSPS) is 15.4. The Morgan fingerprint density at radius 3 is 2.56 bits per heavy atom. The van der Waals surface area contributed by atoms with Crippen molar-refractivity contribution in [2.24, 2.45) is 0 Å². The van der Waals surface area contributed by atoms with Gasteiger partial charge in [-0.05, 0) is 26.0 Å². The summed E-state index contributed by atoms with van der Waals surface area (Å²) < 4.78 is 5.70. The molecular weight excluding hydrogens is 271 g/mol. The van der Waals surface area contributed by atoms with Crippen LogP contribution in [0.3, 0.4) is 0 Å². The molecular formula is C13H20Cl2N2O. The van der Waals surface area contributed by atoms with Crippen LogP contribution in [-0.2, 0) is 0 Å². The summed E-state index contributed by atoms with van der Waals surface area (Å²) in [6.45, 7) is 8.14. The van der Waals surface area contributed by atoms with E-state index in [2.05, 4.69) is 16.3 Å². The molecule has 0 aliphatic carbocycles. The summed E-state index contributed by atoms with van der Waals surface area (Å²) in [5.74, 6) is 0.776. The molecule has 1 heterocycles. The van der Waals surface area contributed by atoms with Crippen molar-refractivity contribution in [3.8, 4) is 5.75 Å². The standard InChI is InChI=1S/C13H19ClN2O.ClH/c1-10(2)17-13-9-11(3-4-12(13)14)16-7-5-15-6-8-16;/h3-4,9-10,15H,5-8H2,1-2H3;1H. The van der Waals surface area contributed by atoms with E-state index in [1.54, 1.807) is 0 Å². The highest BCUT2D eigenvalue weighted by molar-refractivity contribution is 6.32. The molecule has 5 heteroatoms. The van der Waals surface area contributed by atoms with Crippen molar-refractivity contribution in [2.75, 3.05) is 31.1 Å². The molecule has 0 atom stereocenters. The fraction of sp³-hybridized carbons (Fsp3) is 0.538. The number of halogens is 2. The lowest BCUT2D eigenvalue weighted by atomic mass is 10.2. The Hall–Kier alpha value is -0.640. The molecule has 1 aliphatic heterocycles. The summed E-state index contributed by atoms with van der Waals surface area (Å²) in [4.78, 5) is 2.35. The molecule has 1 N–H and O–H groups in total. The van der Waals surface area contributed by atoms with E-state index in [9.17, 15) is 0 Å². The Kier molecular flexibility index (Phi) is 6.06. The number of nitrogens with one attached hydrogen (secondary N) is 1. The molecule has 3 nitrogen and oxygen atoms in total. The quantitative estimate of drug-likeness (QED) is 0.926. The van der Waals surface area contributed by atoms with Crippen molar-refractivity contribution >= 4 is 29.7 Å². The van der Waals surface area contributed by atoms with E-state index >= 15 is 0 Å². The van der Waals surface area contributed by atoms with Crippen molar-refractivity contribution in [3.05, 3.63) is 23.2 Å². The molecule has 0 radical (unpaired) electrons. The molecule has 1 aliphatic rings. The van der Waals surface area contributed by atoms with Crippen molar-refractivity contribution in [1.29, 1.82) is 0 Å². The monoisotopic (exact) mass is 290 g/mol. The molecule has 0 unspecified atom stereocenters. The van der Waals surface area contributed by atoms with Crippen molar-refractivity contribution in [2.45, 2.75) is 20.0 Å². The third-order valence-electron chi connectivity index (χ3n) is 2.76. The molecule has 0 amide bonds. The van der Waals surface area contributed by atoms with Gasteiger partial charge in [-0.1, -0.05) is 11.6 Å². The maximum atomic E-state index is 6.12. The van der Waals surface area contributed by atoms with Gasteiger partial charge in [0.2, 0.25) is 0 Å². The Balaban J connectivity index is 0.00000162. The average Bonchev–Trinajstić information content (AvgIpc) is 2.32. The van der Waals surface area contributed by atoms with Crippen molar-refractivity contribution in [3.63, 3.8) is 0 Å². The van der Waals surface area contributed by atoms with Crippen molar-refractivity contribution < 1.29 is 4.74 Å². The smallest absolute Gasteiger partial charge is 0.140 e. The Morgan fingerprint density at radius 1 is 1.28 bits per heavy atom. The number of ether oxygens (including phenoxy) is 1. The molecule has 1 aromatic rings. The molecule has 2 rings (SSSR count). The van der Waals surface area contributed by atoms with Crippen LogP contribution in [0, 0.1) is 0 Å². The van der Waals surface area contributed by atoms with Crippen LogP contribution >= 0.6 is 24.0 Å². The first kappa shape index (κ1) is 15.4. The van der Waals surface area contributed by atoms with E-state index in [-0.39, 0.29) is 18.5 Å². The molecule has 0 bridgehead atoms. The fourth-order valence-electron chi connectivity index (χ4n) is 1.96. The summed E-state index contributed by atoms with van der Waals surface area (Å²) in [6, 6.07) is 6.01. The van der Waals surface area contributed by atoms with Crippen LogP contribution in [0.15, 0.2) is 18.2 Å². The molecule has 102 valence electrons. The summed E-state index contributed by atoms with van der Waals surface area (Å²) in [7, 11) is 0. The van der Waals surface area contributed by atoms with E-state index < -0.39 is 0 Å². The first-order valence-electron chi connectivity index (χ1n) is 6.08. The maximum absolute atomic E-state index is 6.12. The molecule has 1 aromatic carbocycles. The van der Waals surface area contributed by atoms with Gasteiger partial charge in [0.15, 0.2) is 0 Å². The van der Waals surface area contributed by atoms with Gasteiger partial charge in [0.25, 0.3) is 0 Å². The van der Waals surface area contributed by atoms with Gasteiger partial charge in [-0.3, -0.25) is 0 Å². The highest BCUT2D eigenvalue weighted by atomic mass is 35.5. The first-order chi connectivity index (χ1) is 8.16. The molecule has 0 saturated carbocycles. The van der Waals surface area contributed by atoms with Gasteiger partial charge in [0.1, 0.15) is 5.75 Å². The van der Waals surface area contributed by atoms with Gasteiger partial charge in [-0.15, -0.1) is 12.4 Å². The van der Waals surface area contributed by atoms with E-state index in [4.69, 9.17) is 16.3 Å². The first-order valence-corrected chi connectivity index (χ1v) is 6.46. The van der Waals surface area contributed by atoms with E-state index in [0.29, 0.717) is 5.02 Å². The van der Waals surface area contributed by atoms with E-state index in [0.717, 1.165) is 31.9 Å². The number of piperazine rings is 1. The summed E-state index contributed by atoms with van der Waals surface area (Å²) in [5.41, 5.74) is 1.19. The second-order valence-corrected chi connectivity index (χ2v) is 4.93.